The molecule has 230 valence electrons. The van der Waals surface area contributed by atoms with Gasteiger partial charge in [-0.15, -0.1) is 0 Å². The largest absolute Gasteiger partial charge is 0.506 e. The minimum Gasteiger partial charge on any atom is -0.506 e. The SMILES string of the molecule is O=C(O)NC(c1ccccc1)c1cccc(OCC(=O)Nc2ccc(CNC[C@@H](O)c3ccc(O)c4[nH]c(=O)ccc34)cc2)c1. The molecule has 0 aliphatic heterocycles. The highest BCUT2D eigenvalue weighted by molar-refractivity contribution is 5.92. The molecule has 1 heterocycles. The maximum Gasteiger partial charge on any atom is 0.405 e. The number of hydrogen-bond donors (Lipinski definition) is 7. The van der Waals surface area contributed by atoms with Gasteiger partial charge < -0.3 is 41.0 Å². The van der Waals surface area contributed by atoms with Crippen LogP contribution >= 0.6 is 0 Å². The van der Waals surface area contributed by atoms with Crippen molar-refractivity contribution >= 4 is 28.6 Å². The van der Waals surface area contributed by atoms with Gasteiger partial charge in [-0.2, -0.15) is 0 Å². The summed E-state index contributed by atoms with van der Waals surface area (Å²) in [5, 5.41) is 39.2. The first kappa shape index (κ1) is 30.8. The Bertz CT molecular complexity index is 1840. The van der Waals surface area contributed by atoms with Crippen LogP contribution in [0.1, 0.15) is 34.4 Å². The van der Waals surface area contributed by atoms with Gasteiger partial charge >= 0.3 is 6.09 Å². The molecule has 0 fully saturated rings. The summed E-state index contributed by atoms with van der Waals surface area (Å²) < 4.78 is 5.69. The van der Waals surface area contributed by atoms with Crippen LogP contribution < -0.4 is 26.2 Å². The number of ether oxygens (including phenoxy) is 1. The van der Waals surface area contributed by atoms with E-state index >= 15 is 0 Å². The Labute approximate surface area is 258 Å². The number of hydrogen-bond acceptors (Lipinski definition) is 7. The van der Waals surface area contributed by atoms with Crippen molar-refractivity contribution in [2.75, 3.05) is 18.5 Å². The number of pyridine rings is 1. The van der Waals surface area contributed by atoms with Gasteiger partial charge in [0.15, 0.2) is 6.61 Å². The smallest absolute Gasteiger partial charge is 0.405 e. The van der Waals surface area contributed by atoms with Gasteiger partial charge in [0.2, 0.25) is 5.56 Å². The molecule has 45 heavy (non-hydrogen) atoms. The number of rotatable bonds is 12. The Morgan fingerprint density at radius 2 is 1.62 bits per heavy atom. The lowest BCUT2D eigenvalue weighted by atomic mass is 9.99. The van der Waals surface area contributed by atoms with Gasteiger partial charge in [0, 0.05) is 30.2 Å². The Balaban J connectivity index is 1.11. The minimum atomic E-state index is -1.16. The fraction of sp³-hybridized carbons (Fsp3) is 0.147. The molecule has 1 aromatic heterocycles. The van der Waals surface area contributed by atoms with Crippen molar-refractivity contribution in [2.45, 2.75) is 18.7 Å². The fourth-order valence-electron chi connectivity index (χ4n) is 4.98. The highest BCUT2D eigenvalue weighted by Crippen LogP contribution is 2.29. The number of anilines is 1. The van der Waals surface area contributed by atoms with Crippen molar-refractivity contribution in [3.8, 4) is 11.5 Å². The van der Waals surface area contributed by atoms with Crippen molar-refractivity contribution in [3.63, 3.8) is 0 Å². The van der Waals surface area contributed by atoms with E-state index in [1.54, 1.807) is 48.5 Å². The number of phenolic OH excluding ortho intramolecular Hbond substituents is 1. The van der Waals surface area contributed by atoms with Crippen molar-refractivity contribution < 1.29 is 29.6 Å². The number of aromatic amines is 1. The Hall–Kier alpha value is -5.65. The number of fused-ring (bicyclic) bond motifs is 1. The van der Waals surface area contributed by atoms with E-state index in [1.165, 1.54) is 12.1 Å². The number of aliphatic hydroxyl groups is 1. The van der Waals surface area contributed by atoms with Crippen LogP contribution in [-0.2, 0) is 11.3 Å². The summed E-state index contributed by atoms with van der Waals surface area (Å²) in [6.07, 6.45) is -2.03. The Kier molecular flexibility index (Phi) is 9.73. The zero-order valence-corrected chi connectivity index (χ0v) is 24.1. The minimum absolute atomic E-state index is 0.0675. The summed E-state index contributed by atoms with van der Waals surface area (Å²) in [4.78, 5) is 38.2. The summed E-state index contributed by atoms with van der Waals surface area (Å²) >= 11 is 0. The number of nitrogens with one attached hydrogen (secondary N) is 4. The van der Waals surface area contributed by atoms with Gasteiger partial charge in [-0.3, -0.25) is 9.59 Å². The zero-order chi connectivity index (χ0) is 31.8. The number of H-pyrrole nitrogens is 1. The van der Waals surface area contributed by atoms with Crippen molar-refractivity contribution in [2.24, 2.45) is 0 Å². The molecule has 2 amide bonds. The van der Waals surface area contributed by atoms with Crippen molar-refractivity contribution in [1.29, 1.82) is 0 Å². The highest BCUT2D eigenvalue weighted by Gasteiger charge is 2.17. The normalized spacial score (nSPS) is 12.3. The lowest BCUT2D eigenvalue weighted by Crippen LogP contribution is -2.27. The first-order valence-corrected chi connectivity index (χ1v) is 14.2. The Morgan fingerprint density at radius 3 is 2.38 bits per heavy atom. The lowest BCUT2D eigenvalue weighted by Gasteiger charge is -2.19. The molecule has 7 N–H and O–H groups in total. The van der Waals surface area contributed by atoms with Gasteiger partial charge in [-0.1, -0.05) is 60.7 Å². The van der Waals surface area contributed by atoms with Crippen LogP contribution in [0.5, 0.6) is 11.5 Å². The zero-order valence-electron chi connectivity index (χ0n) is 24.1. The van der Waals surface area contributed by atoms with E-state index in [2.05, 4.69) is 20.9 Å². The van der Waals surface area contributed by atoms with E-state index in [9.17, 15) is 29.7 Å². The summed E-state index contributed by atoms with van der Waals surface area (Å²) in [5.74, 6) is -0.00447. The molecule has 0 radical (unpaired) electrons. The third kappa shape index (κ3) is 8.05. The summed E-state index contributed by atoms with van der Waals surface area (Å²) in [6.45, 7) is 0.444. The van der Waals surface area contributed by atoms with Crippen molar-refractivity contribution in [1.82, 2.24) is 15.6 Å². The second-order valence-electron chi connectivity index (χ2n) is 10.3. The molecule has 5 rings (SSSR count). The van der Waals surface area contributed by atoms with E-state index in [4.69, 9.17) is 4.74 Å². The molecule has 0 spiro atoms. The maximum atomic E-state index is 12.6. The molecule has 0 aliphatic carbocycles. The predicted molar refractivity (Wildman–Crippen MR) is 169 cm³/mol. The quantitative estimate of drug-likeness (QED) is 0.109. The molecular formula is C34H32N4O7. The number of carbonyl (C=O) groups excluding carboxylic acids is 1. The lowest BCUT2D eigenvalue weighted by molar-refractivity contribution is -0.118. The summed E-state index contributed by atoms with van der Waals surface area (Å²) in [5.41, 5.74) is 3.47. The van der Waals surface area contributed by atoms with Crippen LogP contribution in [0.3, 0.4) is 0 Å². The molecule has 11 heteroatoms. The van der Waals surface area contributed by atoms with Crippen LogP contribution in [0.2, 0.25) is 0 Å². The summed E-state index contributed by atoms with van der Waals surface area (Å²) in [6, 6.07) is 28.7. The van der Waals surface area contributed by atoms with E-state index in [-0.39, 0.29) is 35.9 Å². The number of phenols is 1. The van der Waals surface area contributed by atoms with E-state index < -0.39 is 18.2 Å². The standard InChI is InChI=1S/C34H32N4O7/c39-28-15-13-26(27-14-16-30(41)37-33(27)28)29(40)19-35-18-21-9-11-24(12-10-21)36-31(42)20-45-25-8-4-7-23(17-25)32(38-34(43)44)22-5-2-1-3-6-22/h1-17,29,32,35,38-40H,18-20H2,(H,36,42)(H,37,41)(H,43,44)/t29-,32?/m1/s1. The second kappa shape index (κ2) is 14.2. The average molecular weight is 609 g/mol. The molecule has 1 unspecified atom stereocenters. The molecule has 0 bridgehead atoms. The molecule has 11 nitrogen and oxygen atoms in total. The number of aromatic nitrogens is 1. The second-order valence-corrected chi connectivity index (χ2v) is 10.3. The molecular weight excluding hydrogens is 576 g/mol. The maximum absolute atomic E-state index is 12.6. The van der Waals surface area contributed by atoms with Gasteiger partial charge in [0.25, 0.3) is 5.91 Å². The fourth-order valence-corrected chi connectivity index (χ4v) is 4.98. The topological polar surface area (TPSA) is 173 Å². The molecule has 0 saturated heterocycles. The van der Waals surface area contributed by atoms with E-state index in [0.29, 0.717) is 34.5 Å². The van der Waals surface area contributed by atoms with Crippen LogP contribution in [0.25, 0.3) is 10.9 Å². The van der Waals surface area contributed by atoms with Crippen LogP contribution in [0, 0.1) is 0 Å². The predicted octanol–water partition coefficient (Wildman–Crippen LogP) is 4.43. The summed E-state index contributed by atoms with van der Waals surface area (Å²) in [7, 11) is 0. The van der Waals surface area contributed by atoms with E-state index in [1.807, 2.05) is 42.5 Å². The first-order chi connectivity index (χ1) is 21.8. The Morgan fingerprint density at radius 1 is 0.867 bits per heavy atom. The average Bonchev–Trinajstić information content (AvgIpc) is 3.04. The van der Waals surface area contributed by atoms with Crippen molar-refractivity contribution in [3.05, 3.63) is 136 Å². The molecule has 2 atom stereocenters. The van der Waals surface area contributed by atoms with Gasteiger partial charge in [0.1, 0.15) is 11.5 Å². The van der Waals surface area contributed by atoms with Gasteiger partial charge in [-0.05, 0) is 58.7 Å². The number of aliphatic hydroxyl groups excluding tert-OH is 1. The molecule has 0 aliphatic rings. The monoisotopic (exact) mass is 608 g/mol. The molecule has 0 saturated carbocycles. The van der Waals surface area contributed by atoms with Crippen LogP contribution in [0.4, 0.5) is 10.5 Å². The highest BCUT2D eigenvalue weighted by atomic mass is 16.5. The van der Waals surface area contributed by atoms with Crippen LogP contribution in [0.15, 0.2) is 108 Å². The number of carboxylic acid groups (broad SMARTS) is 1. The number of amides is 2. The van der Waals surface area contributed by atoms with Gasteiger partial charge in [0.05, 0.1) is 17.7 Å². The van der Waals surface area contributed by atoms with E-state index in [0.717, 1.165) is 11.1 Å². The molecule has 4 aromatic carbocycles. The number of carbonyl (C=O) groups is 2. The molecule has 5 aromatic rings. The third-order valence-electron chi connectivity index (χ3n) is 7.13. The van der Waals surface area contributed by atoms with Crippen LogP contribution in [-0.4, -0.2) is 45.5 Å². The first-order valence-electron chi connectivity index (χ1n) is 14.2. The number of aromatic hydroxyl groups is 1. The third-order valence-corrected chi connectivity index (χ3v) is 7.13. The van der Waals surface area contributed by atoms with Gasteiger partial charge in [-0.25, -0.2) is 4.79 Å². The number of benzene rings is 4.